The number of aliphatic hydroxyl groups excluding tert-OH is 1. The zero-order valence-electron chi connectivity index (χ0n) is 14.5. The van der Waals surface area contributed by atoms with Gasteiger partial charge in [0.15, 0.2) is 0 Å². The van der Waals surface area contributed by atoms with Crippen LogP contribution >= 0.6 is 11.3 Å². The van der Waals surface area contributed by atoms with Crippen LogP contribution in [0.1, 0.15) is 0 Å². The molecule has 0 spiro atoms. The molecular formula is C19H16N4O3S. The lowest BCUT2D eigenvalue weighted by atomic mass is 10.1. The third-order valence-corrected chi connectivity index (χ3v) is 5.92. The van der Waals surface area contributed by atoms with Crippen molar-refractivity contribution in [3.8, 4) is 11.4 Å². The van der Waals surface area contributed by atoms with Gasteiger partial charge in [-0.05, 0) is 30.3 Å². The zero-order chi connectivity index (χ0) is 18.5. The van der Waals surface area contributed by atoms with Crippen LogP contribution in [-0.4, -0.2) is 46.2 Å². The van der Waals surface area contributed by atoms with E-state index >= 15 is 0 Å². The van der Waals surface area contributed by atoms with Crippen molar-refractivity contribution in [2.75, 3.05) is 25.1 Å². The Hall–Kier alpha value is -2.97. The number of nitrogens with zero attached hydrogens (tertiary/aromatic N) is 4. The van der Waals surface area contributed by atoms with Gasteiger partial charge in [-0.1, -0.05) is 0 Å². The van der Waals surface area contributed by atoms with Crippen molar-refractivity contribution in [3.63, 3.8) is 0 Å². The van der Waals surface area contributed by atoms with Crippen LogP contribution in [-0.2, 0) is 0 Å². The van der Waals surface area contributed by atoms with Crippen LogP contribution in [0.25, 0.3) is 26.0 Å². The van der Waals surface area contributed by atoms with Crippen LogP contribution in [0.4, 0.5) is 5.69 Å². The number of aliphatic hydroxyl groups is 1. The molecule has 7 nitrogen and oxygen atoms in total. The Kier molecular flexibility index (Phi) is 3.63. The largest absolute Gasteiger partial charge is 0.497 e. The molecule has 0 bridgehead atoms. The number of methoxy groups -OCH3 is 1. The highest BCUT2D eigenvalue weighted by Gasteiger charge is 2.27. The Morgan fingerprint density at radius 2 is 2.00 bits per heavy atom. The molecule has 0 saturated carbocycles. The zero-order valence-corrected chi connectivity index (χ0v) is 15.3. The first-order valence-corrected chi connectivity index (χ1v) is 9.34. The van der Waals surface area contributed by atoms with Gasteiger partial charge >= 0.3 is 0 Å². The smallest absolute Gasteiger partial charge is 0.289 e. The van der Waals surface area contributed by atoms with Crippen molar-refractivity contribution in [3.05, 3.63) is 53.1 Å². The average Bonchev–Trinajstić information content (AvgIpc) is 3.06. The molecule has 1 N–H and O–H groups in total. The maximum atomic E-state index is 13.1. The van der Waals surface area contributed by atoms with E-state index in [-0.39, 0.29) is 11.7 Å². The van der Waals surface area contributed by atoms with Crippen molar-refractivity contribution in [1.82, 2.24) is 14.8 Å². The summed E-state index contributed by atoms with van der Waals surface area (Å²) < 4.78 is 7.18. The summed E-state index contributed by atoms with van der Waals surface area (Å²) in [5, 5.41) is 15.7. The summed E-state index contributed by atoms with van der Waals surface area (Å²) in [6.07, 6.45) is 3.16. The fourth-order valence-corrected chi connectivity index (χ4v) is 4.46. The number of rotatable bonds is 3. The van der Waals surface area contributed by atoms with Crippen molar-refractivity contribution in [2.45, 2.75) is 6.10 Å². The number of benzene rings is 1. The Morgan fingerprint density at radius 1 is 1.22 bits per heavy atom. The molecule has 1 aliphatic heterocycles. The van der Waals surface area contributed by atoms with E-state index in [1.807, 2.05) is 6.07 Å². The number of hydrogen-bond acceptors (Lipinski definition) is 7. The quantitative estimate of drug-likeness (QED) is 0.587. The fraction of sp³-hybridized carbons (Fsp3) is 0.211. The molecule has 1 fully saturated rings. The molecule has 1 aromatic carbocycles. The predicted molar refractivity (Wildman–Crippen MR) is 105 cm³/mol. The van der Waals surface area contributed by atoms with E-state index in [1.165, 1.54) is 16.0 Å². The van der Waals surface area contributed by atoms with E-state index in [0.29, 0.717) is 23.5 Å². The Balaban J connectivity index is 1.70. The number of thiophene rings is 1. The van der Waals surface area contributed by atoms with Gasteiger partial charge < -0.3 is 14.7 Å². The third kappa shape index (κ3) is 2.48. The SMILES string of the molecule is COc1ccc(-n2ncc3c(sc4nccc(N5CC(O)C5)c43)c2=O)cc1. The maximum Gasteiger partial charge on any atom is 0.289 e. The summed E-state index contributed by atoms with van der Waals surface area (Å²) in [5.41, 5.74) is 1.49. The number of hydrogen-bond donors (Lipinski definition) is 1. The normalized spacial score (nSPS) is 14.7. The predicted octanol–water partition coefficient (Wildman–Crippen LogP) is 2.18. The van der Waals surface area contributed by atoms with Gasteiger partial charge in [0.05, 0.1) is 25.1 Å². The van der Waals surface area contributed by atoms with E-state index in [9.17, 15) is 9.90 Å². The number of fused-ring (bicyclic) bond motifs is 3. The molecule has 0 radical (unpaired) electrons. The van der Waals surface area contributed by atoms with Crippen LogP contribution in [0.3, 0.4) is 0 Å². The summed E-state index contributed by atoms with van der Waals surface area (Å²) in [6, 6.07) is 9.13. The fourth-order valence-electron chi connectivity index (χ4n) is 3.40. The molecule has 1 aliphatic rings. The van der Waals surface area contributed by atoms with Gasteiger partial charge in [-0.3, -0.25) is 4.79 Å². The van der Waals surface area contributed by atoms with Crippen LogP contribution in [0.15, 0.2) is 47.5 Å². The molecule has 0 aliphatic carbocycles. The van der Waals surface area contributed by atoms with Gasteiger partial charge in [0.25, 0.3) is 5.56 Å². The molecule has 4 aromatic rings. The van der Waals surface area contributed by atoms with Crippen molar-refractivity contribution < 1.29 is 9.84 Å². The van der Waals surface area contributed by atoms with Crippen molar-refractivity contribution >= 4 is 37.3 Å². The summed E-state index contributed by atoms with van der Waals surface area (Å²) in [4.78, 5) is 20.4. The van der Waals surface area contributed by atoms with Gasteiger partial charge in [-0.25, -0.2) is 4.98 Å². The van der Waals surface area contributed by atoms with Gasteiger partial charge in [-0.2, -0.15) is 9.78 Å². The van der Waals surface area contributed by atoms with Gasteiger partial charge in [0, 0.05) is 35.7 Å². The second kappa shape index (κ2) is 6.04. The van der Waals surface area contributed by atoms with E-state index in [2.05, 4.69) is 15.0 Å². The minimum atomic E-state index is -0.302. The standard InChI is InChI=1S/C19H16N4O3S/c1-26-13-4-2-11(3-5-13)23-19(25)17-14(8-21-23)16-15(22-9-12(24)10-22)6-7-20-18(16)27-17/h2-8,12,24H,9-10H2,1H3. The van der Waals surface area contributed by atoms with E-state index in [4.69, 9.17) is 4.74 Å². The number of aromatic nitrogens is 3. The molecule has 3 aromatic heterocycles. The molecule has 0 atom stereocenters. The molecule has 4 heterocycles. The average molecular weight is 380 g/mol. The van der Waals surface area contributed by atoms with Gasteiger partial charge in [0.2, 0.25) is 0 Å². The maximum absolute atomic E-state index is 13.1. The van der Waals surface area contributed by atoms with E-state index < -0.39 is 0 Å². The molecule has 1 saturated heterocycles. The molecule has 8 heteroatoms. The van der Waals surface area contributed by atoms with E-state index in [1.54, 1.807) is 43.8 Å². The molecule has 0 amide bonds. The lowest BCUT2D eigenvalue weighted by Gasteiger charge is -2.38. The van der Waals surface area contributed by atoms with Gasteiger partial charge in [-0.15, -0.1) is 11.3 Å². The van der Waals surface area contributed by atoms with Crippen molar-refractivity contribution in [1.29, 1.82) is 0 Å². The topological polar surface area (TPSA) is 80.5 Å². The van der Waals surface area contributed by atoms with E-state index in [0.717, 1.165) is 27.0 Å². The molecule has 0 unspecified atom stereocenters. The number of pyridine rings is 1. The van der Waals surface area contributed by atoms with Crippen molar-refractivity contribution in [2.24, 2.45) is 0 Å². The molecular weight excluding hydrogens is 364 g/mol. The number of β-amino-alcohol motifs (C(OH)–C–C–N with tert-alkyl or cyclic N) is 1. The molecule has 27 heavy (non-hydrogen) atoms. The summed E-state index contributed by atoms with van der Waals surface area (Å²) in [6.45, 7) is 1.18. The summed E-state index contributed by atoms with van der Waals surface area (Å²) in [7, 11) is 1.60. The minimum absolute atomic E-state index is 0.171. The van der Waals surface area contributed by atoms with Crippen LogP contribution in [0, 0.1) is 0 Å². The second-order valence-electron chi connectivity index (χ2n) is 6.47. The van der Waals surface area contributed by atoms with Gasteiger partial charge in [0.1, 0.15) is 15.3 Å². The highest BCUT2D eigenvalue weighted by atomic mass is 32.1. The monoisotopic (exact) mass is 380 g/mol. The summed E-state index contributed by atoms with van der Waals surface area (Å²) in [5.74, 6) is 0.723. The lowest BCUT2D eigenvalue weighted by molar-refractivity contribution is 0.142. The third-order valence-electron chi connectivity index (χ3n) is 4.82. The minimum Gasteiger partial charge on any atom is -0.497 e. The second-order valence-corrected chi connectivity index (χ2v) is 7.47. The summed E-state index contributed by atoms with van der Waals surface area (Å²) >= 11 is 1.37. The first kappa shape index (κ1) is 16.2. The van der Waals surface area contributed by atoms with Crippen LogP contribution in [0.5, 0.6) is 5.75 Å². The Morgan fingerprint density at radius 3 is 2.70 bits per heavy atom. The van der Waals surface area contributed by atoms with Crippen LogP contribution < -0.4 is 15.2 Å². The number of anilines is 1. The molecule has 136 valence electrons. The highest BCUT2D eigenvalue weighted by Crippen LogP contribution is 2.38. The first-order valence-electron chi connectivity index (χ1n) is 8.52. The number of ether oxygens (including phenoxy) is 1. The first-order chi connectivity index (χ1) is 13.2. The Labute approximate surface area is 158 Å². The Bertz CT molecular complexity index is 1210. The molecule has 5 rings (SSSR count). The lowest BCUT2D eigenvalue weighted by Crippen LogP contribution is -2.50. The highest BCUT2D eigenvalue weighted by molar-refractivity contribution is 7.25. The van der Waals surface area contributed by atoms with Crippen LogP contribution in [0.2, 0.25) is 0 Å².